The van der Waals surface area contributed by atoms with Gasteiger partial charge in [-0.25, -0.2) is 4.79 Å². The van der Waals surface area contributed by atoms with Crippen LogP contribution in [0.5, 0.6) is 0 Å². The first kappa shape index (κ1) is 15.2. The number of allylic oxidation sites excluding steroid dienone is 2. The molecule has 16 heavy (non-hydrogen) atoms. The largest absolute Gasteiger partial charge is 0.461 e. The number of carbonyl (C=O) groups excluding carboxylic acids is 1. The first-order chi connectivity index (χ1) is 7.65. The molecule has 92 valence electrons. The van der Waals surface area contributed by atoms with Gasteiger partial charge in [-0.05, 0) is 18.4 Å². The van der Waals surface area contributed by atoms with Gasteiger partial charge in [0.05, 0.1) is 6.61 Å². The van der Waals surface area contributed by atoms with E-state index in [1.165, 1.54) is 25.0 Å². The molecular weight excluding hydrogens is 224 g/mol. The summed E-state index contributed by atoms with van der Waals surface area (Å²) in [6.45, 7) is 8.18. The molecule has 0 saturated heterocycles. The lowest BCUT2D eigenvalue weighted by atomic mass is 10.0. The molecule has 0 aromatic carbocycles. The van der Waals surface area contributed by atoms with Crippen LogP contribution in [0.25, 0.3) is 0 Å². The zero-order valence-corrected chi connectivity index (χ0v) is 10.9. The fourth-order valence-corrected chi connectivity index (χ4v) is 1.48. The molecule has 2 nitrogen and oxygen atoms in total. The zero-order valence-electron chi connectivity index (χ0n) is 10.2. The van der Waals surface area contributed by atoms with E-state index in [0.29, 0.717) is 12.5 Å². The van der Waals surface area contributed by atoms with Gasteiger partial charge in [0.2, 0.25) is 0 Å². The number of unbranched alkanes of at least 4 members (excludes halogenated alkanes) is 1. The standard InChI is InChI=1S/C13H21ClO2/c1-4-7-9-11(6-3)10-16-13(15)12(14)8-5-2/h5,8,11H,2,4,6-7,9-10H2,1,3H3/b12-8-. The van der Waals surface area contributed by atoms with E-state index in [-0.39, 0.29) is 5.03 Å². The molecule has 0 aliphatic rings. The van der Waals surface area contributed by atoms with E-state index >= 15 is 0 Å². The molecule has 0 aliphatic carbocycles. The van der Waals surface area contributed by atoms with E-state index in [9.17, 15) is 4.79 Å². The molecule has 3 heteroatoms. The summed E-state index contributed by atoms with van der Waals surface area (Å²) >= 11 is 5.68. The SMILES string of the molecule is C=C/C=C(\Cl)C(=O)OCC(CC)CCCC. The number of esters is 1. The Morgan fingerprint density at radius 3 is 2.69 bits per heavy atom. The van der Waals surface area contributed by atoms with E-state index in [0.717, 1.165) is 12.8 Å². The van der Waals surface area contributed by atoms with Crippen molar-refractivity contribution in [3.05, 3.63) is 23.8 Å². The highest BCUT2D eigenvalue weighted by atomic mass is 35.5. The minimum absolute atomic E-state index is 0.0837. The Hall–Kier alpha value is -0.760. The van der Waals surface area contributed by atoms with Gasteiger partial charge in [0.1, 0.15) is 5.03 Å². The average molecular weight is 245 g/mol. The van der Waals surface area contributed by atoms with E-state index in [2.05, 4.69) is 20.4 Å². The van der Waals surface area contributed by atoms with E-state index in [1.54, 1.807) is 0 Å². The van der Waals surface area contributed by atoms with Crippen LogP contribution in [0.3, 0.4) is 0 Å². The van der Waals surface area contributed by atoms with Crippen molar-refractivity contribution < 1.29 is 9.53 Å². The number of ether oxygens (including phenoxy) is 1. The van der Waals surface area contributed by atoms with Crippen molar-refractivity contribution in [2.75, 3.05) is 6.61 Å². The van der Waals surface area contributed by atoms with E-state index in [1.807, 2.05) is 0 Å². The lowest BCUT2D eigenvalue weighted by Crippen LogP contribution is -2.13. The highest BCUT2D eigenvalue weighted by Gasteiger charge is 2.11. The zero-order chi connectivity index (χ0) is 12.4. The summed E-state index contributed by atoms with van der Waals surface area (Å²) in [5.41, 5.74) is 0. The quantitative estimate of drug-likeness (QED) is 0.366. The summed E-state index contributed by atoms with van der Waals surface area (Å²) in [5, 5.41) is 0.0837. The first-order valence-corrected chi connectivity index (χ1v) is 6.18. The smallest absolute Gasteiger partial charge is 0.349 e. The Kier molecular flexibility index (Phi) is 9.02. The van der Waals surface area contributed by atoms with Gasteiger partial charge in [-0.3, -0.25) is 0 Å². The molecule has 0 fully saturated rings. The minimum Gasteiger partial charge on any atom is -0.461 e. The maximum Gasteiger partial charge on any atom is 0.349 e. The summed E-state index contributed by atoms with van der Waals surface area (Å²) < 4.78 is 5.12. The molecule has 0 aliphatic heterocycles. The molecule has 0 heterocycles. The number of rotatable bonds is 8. The molecule has 0 bridgehead atoms. The van der Waals surface area contributed by atoms with Gasteiger partial charge in [0.15, 0.2) is 0 Å². The lowest BCUT2D eigenvalue weighted by Gasteiger charge is -2.14. The summed E-state index contributed by atoms with van der Waals surface area (Å²) in [7, 11) is 0. The fourth-order valence-electron chi connectivity index (χ4n) is 1.33. The van der Waals surface area contributed by atoms with Crippen molar-refractivity contribution >= 4 is 17.6 Å². The van der Waals surface area contributed by atoms with Crippen molar-refractivity contribution in [2.45, 2.75) is 39.5 Å². The predicted molar refractivity (Wildman–Crippen MR) is 68.4 cm³/mol. The molecule has 0 amide bonds. The summed E-state index contributed by atoms with van der Waals surface area (Å²) in [4.78, 5) is 11.4. The third kappa shape index (κ3) is 6.67. The molecule has 1 unspecified atom stereocenters. The number of halogens is 1. The average Bonchev–Trinajstić information content (AvgIpc) is 2.29. The molecule has 0 aromatic rings. The Labute approximate surface area is 103 Å². The van der Waals surface area contributed by atoms with Crippen LogP contribution < -0.4 is 0 Å². The number of carbonyl (C=O) groups is 1. The van der Waals surface area contributed by atoms with Crippen molar-refractivity contribution in [1.82, 2.24) is 0 Å². The van der Waals surface area contributed by atoms with Gasteiger partial charge >= 0.3 is 5.97 Å². The molecule has 1 atom stereocenters. The Balaban J connectivity index is 3.96. The normalized spacial score (nSPS) is 13.3. The van der Waals surface area contributed by atoms with E-state index in [4.69, 9.17) is 16.3 Å². The third-order valence-electron chi connectivity index (χ3n) is 2.45. The molecule has 0 spiro atoms. The van der Waals surface area contributed by atoms with Crippen LogP contribution in [0.15, 0.2) is 23.8 Å². The van der Waals surface area contributed by atoms with Crippen molar-refractivity contribution in [1.29, 1.82) is 0 Å². The van der Waals surface area contributed by atoms with Crippen LogP contribution >= 0.6 is 11.6 Å². The van der Waals surface area contributed by atoms with Crippen molar-refractivity contribution in [3.8, 4) is 0 Å². The predicted octanol–water partition coefficient (Wildman–Crippen LogP) is 4.05. The summed E-state index contributed by atoms with van der Waals surface area (Å²) in [5.74, 6) is -0.0198. The van der Waals surface area contributed by atoms with Crippen LogP contribution in [-0.2, 0) is 9.53 Å². The maximum absolute atomic E-state index is 11.4. The molecule has 0 aromatic heterocycles. The number of hydrogen-bond acceptors (Lipinski definition) is 2. The molecule has 0 rings (SSSR count). The van der Waals surface area contributed by atoms with Crippen LogP contribution in [0.1, 0.15) is 39.5 Å². The van der Waals surface area contributed by atoms with Gasteiger partial charge in [0, 0.05) is 0 Å². The summed E-state index contributed by atoms with van der Waals surface area (Å²) in [6, 6.07) is 0. The van der Waals surface area contributed by atoms with Gasteiger partial charge in [-0.2, -0.15) is 0 Å². The molecule has 0 radical (unpaired) electrons. The molecule has 0 saturated carbocycles. The molecular formula is C13H21ClO2. The Morgan fingerprint density at radius 2 is 2.19 bits per heavy atom. The van der Waals surface area contributed by atoms with Gasteiger partial charge < -0.3 is 4.74 Å². The van der Waals surface area contributed by atoms with Crippen LogP contribution in [0.2, 0.25) is 0 Å². The summed E-state index contributed by atoms with van der Waals surface area (Å²) in [6.07, 6.45) is 7.38. The molecule has 0 N–H and O–H groups in total. The fraction of sp³-hybridized carbons (Fsp3) is 0.615. The Morgan fingerprint density at radius 1 is 1.50 bits per heavy atom. The van der Waals surface area contributed by atoms with Gasteiger partial charge in [-0.15, -0.1) is 0 Å². The van der Waals surface area contributed by atoms with Gasteiger partial charge in [0.25, 0.3) is 0 Å². The van der Waals surface area contributed by atoms with E-state index < -0.39 is 5.97 Å². The second-order valence-corrected chi connectivity index (χ2v) is 4.17. The topological polar surface area (TPSA) is 26.3 Å². The van der Waals surface area contributed by atoms with Crippen molar-refractivity contribution in [2.24, 2.45) is 5.92 Å². The van der Waals surface area contributed by atoms with Gasteiger partial charge in [-0.1, -0.05) is 57.4 Å². The Bertz CT molecular complexity index is 246. The second kappa shape index (κ2) is 9.46. The van der Waals surface area contributed by atoms with Crippen molar-refractivity contribution in [3.63, 3.8) is 0 Å². The minimum atomic E-state index is -0.462. The van der Waals surface area contributed by atoms with Crippen LogP contribution in [0.4, 0.5) is 0 Å². The number of hydrogen-bond donors (Lipinski definition) is 0. The monoisotopic (exact) mass is 244 g/mol. The first-order valence-electron chi connectivity index (χ1n) is 5.81. The van der Waals surface area contributed by atoms with Crippen LogP contribution in [0, 0.1) is 5.92 Å². The third-order valence-corrected chi connectivity index (χ3v) is 2.73. The second-order valence-electron chi connectivity index (χ2n) is 3.77. The highest BCUT2D eigenvalue weighted by molar-refractivity contribution is 6.41. The lowest BCUT2D eigenvalue weighted by molar-refractivity contribution is -0.139. The van der Waals surface area contributed by atoms with Crippen LogP contribution in [-0.4, -0.2) is 12.6 Å². The highest BCUT2D eigenvalue weighted by Crippen LogP contribution is 2.14. The maximum atomic E-state index is 11.4.